The highest BCUT2D eigenvalue weighted by atomic mass is 32.2. The van der Waals surface area contributed by atoms with Gasteiger partial charge in [-0.15, -0.1) is 0 Å². The first-order chi connectivity index (χ1) is 5.56. The van der Waals surface area contributed by atoms with Crippen molar-refractivity contribution in [3.63, 3.8) is 0 Å². The van der Waals surface area contributed by atoms with Gasteiger partial charge in [-0.2, -0.15) is 11.8 Å². The van der Waals surface area contributed by atoms with E-state index in [0.717, 1.165) is 0 Å². The predicted octanol–water partition coefficient (Wildman–Crippen LogP) is 0.329. The first-order valence-corrected chi connectivity index (χ1v) is 4.86. The van der Waals surface area contributed by atoms with E-state index in [2.05, 4.69) is 5.32 Å². The minimum atomic E-state index is -1.09. The van der Waals surface area contributed by atoms with Crippen LogP contribution >= 0.6 is 11.8 Å². The Hall–Kier alpha value is -0.710. The minimum absolute atomic E-state index is 0.322. The highest BCUT2D eigenvalue weighted by Gasteiger charge is 2.07. The lowest BCUT2D eigenvalue weighted by Crippen LogP contribution is -2.30. The zero-order valence-electron chi connectivity index (χ0n) is 7.16. The maximum Gasteiger partial charge on any atom is 0.312 e. The van der Waals surface area contributed by atoms with Crippen LogP contribution < -0.4 is 5.32 Å². The van der Waals surface area contributed by atoms with Crippen molar-refractivity contribution < 1.29 is 14.7 Å². The van der Waals surface area contributed by atoms with Gasteiger partial charge in [0.2, 0.25) is 5.91 Å². The molecule has 0 radical (unpaired) electrons. The summed E-state index contributed by atoms with van der Waals surface area (Å²) in [5.74, 6) is -1.52. The van der Waals surface area contributed by atoms with E-state index in [4.69, 9.17) is 5.11 Å². The van der Waals surface area contributed by atoms with E-state index >= 15 is 0 Å². The average Bonchev–Trinajstić information content (AvgIpc) is 1.99. The van der Waals surface area contributed by atoms with Crippen molar-refractivity contribution in [2.45, 2.75) is 18.6 Å². The van der Waals surface area contributed by atoms with Gasteiger partial charge in [0.1, 0.15) is 6.42 Å². The Labute approximate surface area is 75.7 Å². The fourth-order valence-electron chi connectivity index (χ4n) is 0.541. The molecule has 1 atom stereocenters. The standard InChI is InChI=1S/C7H13NO3S/c1-5(12-2)4-8-6(9)3-7(10)11/h5H,3-4H2,1-2H3,(H,8,9)(H,10,11). The van der Waals surface area contributed by atoms with Gasteiger partial charge in [0.15, 0.2) is 0 Å². The Kier molecular flexibility index (Phi) is 5.53. The number of rotatable bonds is 5. The van der Waals surface area contributed by atoms with E-state index in [1.54, 1.807) is 11.8 Å². The SMILES string of the molecule is CSC(C)CNC(=O)CC(=O)O. The summed E-state index contributed by atoms with van der Waals surface area (Å²) in [5.41, 5.74) is 0. The van der Waals surface area contributed by atoms with Crippen LogP contribution in [0.5, 0.6) is 0 Å². The molecule has 0 fully saturated rings. The largest absolute Gasteiger partial charge is 0.481 e. The van der Waals surface area contributed by atoms with Crippen LogP contribution in [-0.4, -0.2) is 35.0 Å². The third-order valence-corrected chi connectivity index (χ3v) is 2.27. The Bertz CT molecular complexity index is 172. The number of carboxylic acid groups (broad SMARTS) is 1. The molecule has 0 heterocycles. The zero-order chi connectivity index (χ0) is 9.56. The van der Waals surface area contributed by atoms with Crippen molar-refractivity contribution >= 4 is 23.6 Å². The van der Waals surface area contributed by atoms with Crippen LogP contribution in [0.1, 0.15) is 13.3 Å². The highest BCUT2D eigenvalue weighted by molar-refractivity contribution is 7.99. The van der Waals surface area contributed by atoms with Crippen molar-refractivity contribution in [1.29, 1.82) is 0 Å². The van der Waals surface area contributed by atoms with Crippen LogP contribution in [0.15, 0.2) is 0 Å². The number of nitrogens with one attached hydrogen (secondary N) is 1. The van der Waals surface area contributed by atoms with Gasteiger partial charge < -0.3 is 10.4 Å². The third-order valence-electron chi connectivity index (χ3n) is 1.30. The number of carbonyl (C=O) groups is 2. The number of hydrogen-bond acceptors (Lipinski definition) is 3. The monoisotopic (exact) mass is 191 g/mol. The molecule has 0 aromatic heterocycles. The topological polar surface area (TPSA) is 66.4 Å². The molecule has 0 aromatic carbocycles. The number of carboxylic acids is 1. The lowest BCUT2D eigenvalue weighted by Gasteiger charge is -2.08. The maximum atomic E-state index is 10.8. The first kappa shape index (κ1) is 11.3. The molecule has 0 bridgehead atoms. The second-order valence-electron chi connectivity index (χ2n) is 2.42. The highest BCUT2D eigenvalue weighted by Crippen LogP contribution is 2.02. The summed E-state index contributed by atoms with van der Waals surface area (Å²) in [6.07, 6.45) is 1.50. The summed E-state index contributed by atoms with van der Waals surface area (Å²) in [6, 6.07) is 0. The van der Waals surface area contributed by atoms with Gasteiger partial charge in [-0.05, 0) is 6.26 Å². The van der Waals surface area contributed by atoms with Gasteiger partial charge in [-0.1, -0.05) is 6.92 Å². The number of aliphatic carboxylic acids is 1. The predicted molar refractivity (Wildman–Crippen MR) is 48.2 cm³/mol. The van der Waals surface area contributed by atoms with Crippen molar-refractivity contribution in [2.24, 2.45) is 0 Å². The quantitative estimate of drug-likeness (QED) is 0.614. The van der Waals surface area contributed by atoms with Gasteiger partial charge in [0.25, 0.3) is 0 Å². The second kappa shape index (κ2) is 5.88. The molecule has 70 valence electrons. The smallest absolute Gasteiger partial charge is 0.312 e. The lowest BCUT2D eigenvalue weighted by molar-refractivity contribution is -0.140. The molecule has 4 nitrogen and oxygen atoms in total. The fraction of sp³-hybridized carbons (Fsp3) is 0.714. The Balaban J connectivity index is 3.50. The molecular formula is C7H13NO3S. The van der Waals surface area contributed by atoms with E-state index in [1.807, 2.05) is 13.2 Å². The van der Waals surface area contributed by atoms with Gasteiger partial charge in [-0.3, -0.25) is 9.59 Å². The molecule has 0 rings (SSSR count). The molecule has 0 aliphatic rings. The minimum Gasteiger partial charge on any atom is -0.481 e. The van der Waals surface area contributed by atoms with Gasteiger partial charge in [0.05, 0.1) is 0 Å². The summed E-state index contributed by atoms with van der Waals surface area (Å²) in [6.45, 7) is 2.49. The number of thioether (sulfide) groups is 1. The van der Waals surface area contributed by atoms with Gasteiger partial charge in [-0.25, -0.2) is 0 Å². The van der Waals surface area contributed by atoms with Crippen LogP contribution in [0.4, 0.5) is 0 Å². The molecule has 0 saturated carbocycles. The zero-order valence-corrected chi connectivity index (χ0v) is 7.98. The molecule has 2 N–H and O–H groups in total. The molecule has 0 spiro atoms. The van der Waals surface area contributed by atoms with Gasteiger partial charge >= 0.3 is 5.97 Å². The summed E-state index contributed by atoms with van der Waals surface area (Å²) in [4.78, 5) is 20.8. The van der Waals surface area contributed by atoms with E-state index in [0.29, 0.717) is 11.8 Å². The molecule has 1 amide bonds. The Morgan fingerprint density at radius 3 is 2.58 bits per heavy atom. The average molecular weight is 191 g/mol. The van der Waals surface area contributed by atoms with Crippen molar-refractivity contribution in [1.82, 2.24) is 5.32 Å². The van der Waals surface area contributed by atoms with E-state index in [1.165, 1.54) is 0 Å². The Morgan fingerprint density at radius 2 is 2.17 bits per heavy atom. The van der Waals surface area contributed by atoms with Crippen molar-refractivity contribution in [3.8, 4) is 0 Å². The van der Waals surface area contributed by atoms with Crippen LogP contribution in [0, 0.1) is 0 Å². The molecule has 0 aromatic rings. The summed E-state index contributed by atoms with van der Waals surface area (Å²) < 4.78 is 0. The molecule has 1 unspecified atom stereocenters. The maximum absolute atomic E-state index is 10.8. The number of carbonyl (C=O) groups excluding carboxylic acids is 1. The van der Waals surface area contributed by atoms with E-state index in [9.17, 15) is 9.59 Å². The number of hydrogen-bond donors (Lipinski definition) is 2. The van der Waals surface area contributed by atoms with Gasteiger partial charge in [0, 0.05) is 11.8 Å². The molecule has 5 heteroatoms. The third kappa shape index (κ3) is 6.03. The van der Waals surface area contributed by atoms with Crippen molar-refractivity contribution in [3.05, 3.63) is 0 Å². The van der Waals surface area contributed by atoms with Crippen LogP contribution in [-0.2, 0) is 9.59 Å². The summed E-state index contributed by atoms with van der Waals surface area (Å²) >= 11 is 1.62. The second-order valence-corrected chi connectivity index (χ2v) is 3.70. The molecular weight excluding hydrogens is 178 g/mol. The fourth-order valence-corrected chi connectivity index (χ4v) is 0.791. The number of amides is 1. The van der Waals surface area contributed by atoms with E-state index in [-0.39, 0.29) is 0 Å². The summed E-state index contributed by atoms with van der Waals surface area (Å²) in [5, 5.41) is 11.1. The molecule has 0 saturated heterocycles. The first-order valence-electron chi connectivity index (χ1n) is 3.57. The Morgan fingerprint density at radius 1 is 1.58 bits per heavy atom. The molecule has 0 aliphatic heterocycles. The van der Waals surface area contributed by atoms with Crippen LogP contribution in [0.25, 0.3) is 0 Å². The summed E-state index contributed by atoms with van der Waals surface area (Å²) in [7, 11) is 0. The van der Waals surface area contributed by atoms with Crippen LogP contribution in [0.3, 0.4) is 0 Å². The molecule has 12 heavy (non-hydrogen) atoms. The lowest BCUT2D eigenvalue weighted by atomic mass is 10.4. The van der Waals surface area contributed by atoms with Crippen molar-refractivity contribution in [2.75, 3.05) is 12.8 Å². The van der Waals surface area contributed by atoms with E-state index < -0.39 is 18.3 Å². The van der Waals surface area contributed by atoms with Crippen LogP contribution in [0.2, 0.25) is 0 Å². The normalized spacial score (nSPS) is 12.2. The molecule has 0 aliphatic carbocycles.